The molecule has 0 unspecified atom stereocenters. The lowest BCUT2D eigenvalue weighted by molar-refractivity contribution is -0.192. The third-order valence-electron chi connectivity index (χ3n) is 5.22. The number of likely N-dealkylation sites (tertiary alicyclic amines) is 1. The molecule has 4 rings (SSSR count). The van der Waals surface area contributed by atoms with Gasteiger partial charge >= 0.3 is 12.1 Å². The molecular weight excluding hydrogens is 435 g/mol. The first-order valence-electron chi connectivity index (χ1n) is 9.96. The van der Waals surface area contributed by atoms with E-state index >= 15 is 0 Å². The van der Waals surface area contributed by atoms with Crippen LogP contribution in [-0.4, -0.2) is 74.8 Å². The first-order valence-corrected chi connectivity index (χ1v) is 9.96. The summed E-state index contributed by atoms with van der Waals surface area (Å²) in [6.45, 7) is 3.31. The highest BCUT2D eigenvalue weighted by Crippen LogP contribution is 2.29. The number of rotatable bonds is 4. The lowest BCUT2D eigenvalue weighted by atomic mass is 9.85. The molecule has 0 aromatic carbocycles. The van der Waals surface area contributed by atoms with Gasteiger partial charge in [-0.25, -0.2) is 4.79 Å². The lowest BCUT2D eigenvalue weighted by Crippen LogP contribution is -2.60. The van der Waals surface area contributed by atoms with Crippen molar-refractivity contribution in [1.82, 2.24) is 25.2 Å². The summed E-state index contributed by atoms with van der Waals surface area (Å²) < 4.78 is 44.5. The smallest absolute Gasteiger partial charge is 0.475 e. The molecule has 2 aromatic rings. The molecule has 10 nitrogen and oxygen atoms in total. The van der Waals surface area contributed by atoms with Gasteiger partial charge in [-0.3, -0.25) is 14.4 Å². The number of aliphatic carboxylic acids is 1. The largest absolute Gasteiger partial charge is 0.490 e. The van der Waals surface area contributed by atoms with Crippen LogP contribution in [0.15, 0.2) is 29.2 Å². The second kappa shape index (κ2) is 10.1. The molecule has 0 saturated carbocycles. The quantitative estimate of drug-likeness (QED) is 0.705. The van der Waals surface area contributed by atoms with Gasteiger partial charge in [0.1, 0.15) is 0 Å². The first kappa shape index (κ1) is 23.7. The topological polar surface area (TPSA) is 123 Å². The Morgan fingerprint density at radius 2 is 2.09 bits per heavy atom. The minimum absolute atomic E-state index is 0.0609. The van der Waals surface area contributed by atoms with Crippen LogP contribution < -0.4 is 5.32 Å². The van der Waals surface area contributed by atoms with E-state index in [9.17, 15) is 18.0 Å². The molecule has 4 heterocycles. The number of aryl methyl sites for hydroxylation is 1. The zero-order chi connectivity index (χ0) is 23.3. The summed E-state index contributed by atoms with van der Waals surface area (Å²) >= 11 is 0. The highest BCUT2D eigenvalue weighted by molar-refractivity contribution is 5.91. The summed E-state index contributed by atoms with van der Waals surface area (Å²) in [5.74, 6) is -2.33. The molecule has 2 saturated heterocycles. The Morgan fingerprint density at radius 1 is 1.34 bits per heavy atom. The van der Waals surface area contributed by atoms with E-state index in [1.807, 2.05) is 24.1 Å². The fourth-order valence-electron chi connectivity index (χ4n) is 3.93. The SMILES string of the molecule is Cn1cc(CN2C[C@@H]3CCCO[C@@H]3[C@H](NC(=O)c3ccno3)C2)cn1.O=C(O)C(F)(F)F. The van der Waals surface area contributed by atoms with E-state index in [0.717, 1.165) is 39.1 Å². The van der Waals surface area contributed by atoms with Gasteiger partial charge in [-0.05, 0) is 18.8 Å². The molecule has 2 N–H and O–H groups in total. The monoisotopic (exact) mass is 459 g/mol. The molecule has 0 radical (unpaired) electrons. The molecule has 3 atom stereocenters. The van der Waals surface area contributed by atoms with Crippen molar-refractivity contribution in [2.75, 3.05) is 19.7 Å². The number of alkyl halides is 3. The van der Waals surface area contributed by atoms with E-state index in [1.165, 1.54) is 11.8 Å². The predicted molar refractivity (Wildman–Crippen MR) is 102 cm³/mol. The van der Waals surface area contributed by atoms with Gasteiger partial charge in [0.15, 0.2) is 0 Å². The number of carbonyl (C=O) groups excluding carboxylic acids is 1. The number of hydrogen-bond donors (Lipinski definition) is 2. The summed E-state index contributed by atoms with van der Waals surface area (Å²) in [5, 5.41) is 18.1. The molecule has 32 heavy (non-hydrogen) atoms. The molecule has 0 aliphatic carbocycles. The summed E-state index contributed by atoms with van der Waals surface area (Å²) in [4.78, 5) is 23.7. The molecule has 2 aromatic heterocycles. The van der Waals surface area contributed by atoms with E-state index < -0.39 is 12.1 Å². The fourth-order valence-corrected chi connectivity index (χ4v) is 3.93. The normalized spacial score (nSPS) is 23.6. The predicted octanol–water partition coefficient (Wildman–Crippen LogP) is 1.45. The van der Waals surface area contributed by atoms with Gasteiger partial charge in [-0.2, -0.15) is 18.3 Å². The van der Waals surface area contributed by atoms with E-state index in [4.69, 9.17) is 19.2 Å². The van der Waals surface area contributed by atoms with E-state index in [1.54, 1.807) is 6.07 Å². The van der Waals surface area contributed by atoms with Gasteiger partial charge in [0, 0.05) is 51.1 Å². The van der Waals surface area contributed by atoms with Crippen LogP contribution in [0.2, 0.25) is 0 Å². The van der Waals surface area contributed by atoms with Crippen LogP contribution >= 0.6 is 0 Å². The summed E-state index contributed by atoms with van der Waals surface area (Å²) in [6, 6.07) is 1.51. The second-order valence-electron chi connectivity index (χ2n) is 7.71. The number of carbonyl (C=O) groups is 2. The molecule has 0 bridgehead atoms. The number of hydrogen-bond acceptors (Lipinski definition) is 7. The van der Waals surface area contributed by atoms with Gasteiger partial charge in [0.2, 0.25) is 5.76 Å². The summed E-state index contributed by atoms with van der Waals surface area (Å²) in [7, 11) is 1.92. The zero-order valence-electron chi connectivity index (χ0n) is 17.3. The summed E-state index contributed by atoms with van der Waals surface area (Å²) in [6.07, 6.45) is 2.58. The van der Waals surface area contributed by atoms with Crippen LogP contribution in [0, 0.1) is 5.92 Å². The fraction of sp³-hybridized carbons (Fsp3) is 0.579. The maximum atomic E-state index is 12.4. The average molecular weight is 459 g/mol. The molecule has 0 spiro atoms. The second-order valence-corrected chi connectivity index (χ2v) is 7.71. The number of nitrogens with zero attached hydrogens (tertiary/aromatic N) is 4. The highest BCUT2D eigenvalue weighted by atomic mass is 19.4. The number of amides is 1. The Balaban J connectivity index is 0.000000360. The number of aromatic nitrogens is 3. The number of nitrogens with one attached hydrogen (secondary N) is 1. The van der Waals surface area contributed by atoms with Crippen molar-refractivity contribution in [1.29, 1.82) is 0 Å². The third kappa shape index (κ3) is 6.29. The van der Waals surface area contributed by atoms with Crippen molar-refractivity contribution >= 4 is 11.9 Å². The van der Waals surface area contributed by atoms with Crippen LogP contribution in [0.4, 0.5) is 13.2 Å². The highest BCUT2D eigenvalue weighted by Gasteiger charge is 2.40. The van der Waals surface area contributed by atoms with Crippen LogP contribution in [0.5, 0.6) is 0 Å². The molecular formula is C19H24F3N5O5. The Kier molecular flexibility index (Phi) is 7.51. The number of carboxylic acid groups (broad SMARTS) is 1. The standard InChI is InChI=1S/C17H23N5O3.C2HF3O2/c1-21-8-12(7-18-21)9-22-10-13-3-2-6-24-16(13)14(11-22)20-17(23)15-4-5-19-25-15;3-2(4,5)1(6)7/h4-5,7-8,13-14,16H,2-3,6,9-11H2,1H3,(H,20,23);(H,6,7)/t13-,14+,16-;/m0./s1. The van der Waals surface area contributed by atoms with E-state index in [2.05, 4.69) is 20.5 Å². The van der Waals surface area contributed by atoms with Gasteiger partial charge < -0.3 is 19.7 Å². The van der Waals surface area contributed by atoms with Gasteiger partial charge in [0.25, 0.3) is 5.91 Å². The maximum absolute atomic E-state index is 12.4. The van der Waals surface area contributed by atoms with Crippen molar-refractivity contribution in [3.8, 4) is 0 Å². The number of halogens is 3. The molecule has 2 fully saturated rings. The van der Waals surface area contributed by atoms with Crippen molar-refractivity contribution < 1.29 is 37.1 Å². The minimum Gasteiger partial charge on any atom is -0.475 e. The Labute approximate surface area is 181 Å². The Bertz CT molecular complexity index is 902. The van der Waals surface area contributed by atoms with Crippen LogP contribution in [-0.2, 0) is 23.1 Å². The Hall–Kier alpha value is -2.93. The number of carboxylic acids is 1. The number of ether oxygens (including phenoxy) is 1. The summed E-state index contributed by atoms with van der Waals surface area (Å²) in [5.41, 5.74) is 1.18. The Morgan fingerprint density at radius 3 is 2.69 bits per heavy atom. The molecule has 2 aliphatic heterocycles. The third-order valence-corrected chi connectivity index (χ3v) is 5.22. The van der Waals surface area contributed by atoms with Gasteiger partial charge in [0.05, 0.1) is 24.5 Å². The number of fused-ring (bicyclic) bond motifs is 1. The van der Waals surface area contributed by atoms with Crippen LogP contribution in [0.1, 0.15) is 29.0 Å². The minimum atomic E-state index is -5.08. The lowest BCUT2D eigenvalue weighted by Gasteiger charge is -2.45. The van der Waals surface area contributed by atoms with Crippen molar-refractivity contribution in [3.63, 3.8) is 0 Å². The average Bonchev–Trinajstić information content (AvgIpc) is 3.40. The van der Waals surface area contributed by atoms with Crippen LogP contribution in [0.3, 0.4) is 0 Å². The van der Waals surface area contributed by atoms with Crippen LogP contribution in [0.25, 0.3) is 0 Å². The van der Waals surface area contributed by atoms with Crippen molar-refractivity contribution in [2.45, 2.75) is 37.7 Å². The van der Waals surface area contributed by atoms with E-state index in [-0.39, 0.29) is 23.8 Å². The maximum Gasteiger partial charge on any atom is 0.490 e. The molecule has 176 valence electrons. The van der Waals surface area contributed by atoms with E-state index in [0.29, 0.717) is 5.92 Å². The molecule has 2 aliphatic rings. The van der Waals surface area contributed by atoms with Gasteiger partial charge in [-0.15, -0.1) is 0 Å². The first-order chi connectivity index (χ1) is 15.1. The van der Waals surface area contributed by atoms with Crippen molar-refractivity contribution in [2.24, 2.45) is 13.0 Å². The molecule has 1 amide bonds. The number of piperidine rings is 1. The zero-order valence-corrected chi connectivity index (χ0v) is 17.3. The van der Waals surface area contributed by atoms with Gasteiger partial charge in [-0.1, -0.05) is 5.16 Å². The van der Waals surface area contributed by atoms with Crippen molar-refractivity contribution in [3.05, 3.63) is 36.0 Å². The molecule has 13 heteroatoms.